The van der Waals surface area contributed by atoms with E-state index in [0.717, 1.165) is 38.5 Å². The molecule has 0 radical (unpaired) electrons. The zero-order chi connectivity index (χ0) is 14.2. The van der Waals surface area contributed by atoms with Crippen molar-refractivity contribution in [3.63, 3.8) is 0 Å². The summed E-state index contributed by atoms with van der Waals surface area (Å²) >= 11 is 0. The van der Waals surface area contributed by atoms with Crippen LogP contribution >= 0.6 is 0 Å². The molecule has 2 bridgehead atoms. The molecule has 6 heteroatoms. The van der Waals surface area contributed by atoms with Crippen LogP contribution in [0.4, 0.5) is 4.79 Å². The number of carboxylic acid groups (broad SMARTS) is 1. The van der Waals surface area contributed by atoms with Gasteiger partial charge in [-0.2, -0.15) is 0 Å². The molecule has 1 aliphatic carbocycles. The molecule has 3 rings (SSSR count). The Balaban J connectivity index is 1.58. The molecular formula is C14H22N2O4. The summed E-state index contributed by atoms with van der Waals surface area (Å²) in [6.07, 6.45) is 7.06. The molecule has 2 aliphatic heterocycles. The molecule has 0 aromatic heterocycles. The number of hydrogen-bond donors (Lipinski definition) is 3. The quantitative estimate of drug-likeness (QED) is 0.730. The molecule has 3 atom stereocenters. The van der Waals surface area contributed by atoms with E-state index in [-0.39, 0.29) is 24.3 Å². The Bertz CT molecular complexity index is 406. The van der Waals surface area contributed by atoms with E-state index in [1.54, 1.807) is 0 Å². The molecule has 0 spiro atoms. The normalized spacial score (nSPS) is 34.7. The highest BCUT2D eigenvalue weighted by atomic mass is 16.5. The molecule has 3 N–H and O–H groups in total. The number of carboxylic acids is 1. The van der Waals surface area contributed by atoms with E-state index in [1.807, 2.05) is 0 Å². The lowest BCUT2D eigenvalue weighted by Crippen LogP contribution is -2.59. The minimum atomic E-state index is -1.08. The third-order valence-electron chi connectivity index (χ3n) is 4.89. The third kappa shape index (κ3) is 2.49. The fourth-order valence-electron chi connectivity index (χ4n) is 3.76. The maximum absolute atomic E-state index is 12.1. The van der Waals surface area contributed by atoms with Gasteiger partial charge in [0.1, 0.15) is 5.54 Å². The molecule has 20 heavy (non-hydrogen) atoms. The summed E-state index contributed by atoms with van der Waals surface area (Å²) in [7, 11) is 0. The largest absolute Gasteiger partial charge is 0.480 e. The number of amides is 2. The van der Waals surface area contributed by atoms with Crippen LogP contribution in [0.2, 0.25) is 0 Å². The fraction of sp³-hybridized carbons (Fsp3) is 0.857. The molecule has 2 amide bonds. The van der Waals surface area contributed by atoms with Crippen molar-refractivity contribution < 1.29 is 19.4 Å². The third-order valence-corrected chi connectivity index (χ3v) is 4.89. The van der Waals surface area contributed by atoms with Gasteiger partial charge in [0.15, 0.2) is 0 Å². The second kappa shape index (κ2) is 5.24. The van der Waals surface area contributed by atoms with Gasteiger partial charge in [-0.1, -0.05) is 19.3 Å². The summed E-state index contributed by atoms with van der Waals surface area (Å²) in [5, 5.41) is 15.0. The minimum absolute atomic E-state index is 0.0307. The van der Waals surface area contributed by atoms with Gasteiger partial charge < -0.3 is 20.5 Å². The number of aliphatic carboxylic acids is 1. The lowest BCUT2D eigenvalue weighted by atomic mass is 9.82. The molecule has 1 saturated carbocycles. The van der Waals surface area contributed by atoms with Crippen LogP contribution in [0.5, 0.6) is 0 Å². The first-order valence-corrected chi connectivity index (χ1v) is 7.57. The van der Waals surface area contributed by atoms with E-state index in [4.69, 9.17) is 4.74 Å². The highest BCUT2D eigenvalue weighted by Gasteiger charge is 2.44. The summed E-state index contributed by atoms with van der Waals surface area (Å²) in [5.74, 6) is -0.920. The Morgan fingerprint density at radius 2 is 1.90 bits per heavy atom. The molecule has 3 aliphatic rings. The maximum atomic E-state index is 12.1. The van der Waals surface area contributed by atoms with Gasteiger partial charge in [-0.3, -0.25) is 0 Å². The second-order valence-corrected chi connectivity index (χ2v) is 6.26. The number of rotatable bonds is 3. The number of carbonyl (C=O) groups is 2. The van der Waals surface area contributed by atoms with Crippen molar-refractivity contribution in [2.24, 2.45) is 0 Å². The van der Waals surface area contributed by atoms with Gasteiger partial charge in [0.25, 0.3) is 0 Å². The molecule has 2 saturated heterocycles. The molecule has 3 unspecified atom stereocenters. The highest BCUT2D eigenvalue weighted by molar-refractivity contribution is 5.86. The monoisotopic (exact) mass is 282 g/mol. The lowest BCUT2D eigenvalue weighted by Gasteiger charge is -2.34. The van der Waals surface area contributed by atoms with E-state index in [0.29, 0.717) is 12.8 Å². The van der Waals surface area contributed by atoms with E-state index in [2.05, 4.69) is 10.6 Å². The van der Waals surface area contributed by atoms with Gasteiger partial charge in [-0.15, -0.1) is 0 Å². The van der Waals surface area contributed by atoms with Crippen molar-refractivity contribution in [2.45, 2.75) is 75.2 Å². The van der Waals surface area contributed by atoms with Crippen molar-refractivity contribution >= 4 is 12.0 Å². The van der Waals surface area contributed by atoms with E-state index < -0.39 is 11.5 Å². The van der Waals surface area contributed by atoms with Crippen molar-refractivity contribution in [3.05, 3.63) is 0 Å². The Kier molecular flexibility index (Phi) is 3.58. The number of fused-ring (bicyclic) bond motifs is 2. The molecule has 2 heterocycles. The van der Waals surface area contributed by atoms with E-state index in [9.17, 15) is 14.7 Å². The average Bonchev–Trinajstić information content (AvgIpc) is 3.01. The minimum Gasteiger partial charge on any atom is -0.480 e. The first-order chi connectivity index (χ1) is 9.59. The Labute approximate surface area is 118 Å². The predicted molar refractivity (Wildman–Crippen MR) is 71.4 cm³/mol. The van der Waals surface area contributed by atoms with Crippen LogP contribution in [0, 0.1) is 0 Å². The lowest BCUT2D eigenvalue weighted by molar-refractivity contribution is -0.145. The number of ether oxygens (including phenoxy) is 1. The van der Waals surface area contributed by atoms with E-state index >= 15 is 0 Å². The van der Waals surface area contributed by atoms with Gasteiger partial charge >= 0.3 is 12.0 Å². The molecule has 112 valence electrons. The van der Waals surface area contributed by atoms with Crippen LogP contribution < -0.4 is 10.6 Å². The Morgan fingerprint density at radius 1 is 1.15 bits per heavy atom. The van der Waals surface area contributed by atoms with Crippen LogP contribution in [0.15, 0.2) is 0 Å². The summed E-state index contributed by atoms with van der Waals surface area (Å²) in [6.45, 7) is 0. The standard InChI is InChI=1S/C14H22N2O4/c17-12(18)14(6-2-1-3-7-14)16-13(19)15-10-8-9-4-5-11(10)20-9/h9-11H,1-8H2,(H,17,18)(H2,15,16,19). The molecule has 0 aromatic carbocycles. The molecule has 6 nitrogen and oxygen atoms in total. The fourth-order valence-corrected chi connectivity index (χ4v) is 3.76. The zero-order valence-electron chi connectivity index (χ0n) is 11.6. The number of carbonyl (C=O) groups excluding carboxylic acids is 1. The first-order valence-electron chi connectivity index (χ1n) is 7.57. The van der Waals surface area contributed by atoms with Crippen LogP contribution in [-0.4, -0.2) is 40.9 Å². The van der Waals surface area contributed by atoms with Crippen LogP contribution in [0.1, 0.15) is 51.4 Å². The topological polar surface area (TPSA) is 87.7 Å². The highest BCUT2D eigenvalue weighted by Crippen LogP contribution is 2.34. The average molecular weight is 282 g/mol. The molecule has 3 fully saturated rings. The van der Waals surface area contributed by atoms with Crippen molar-refractivity contribution in [2.75, 3.05) is 0 Å². The van der Waals surface area contributed by atoms with Crippen LogP contribution in [0.3, 0.4) is 0 Å². The smallest absolute Gasteiger partial charge is 0.329 e. The van der Waals surface area contributed by atoms with Crippen molar-refractivity contribution in [3.8, 4) is 0 Å². The van der Waals surface area contributed by atoms with Crippen LogP contribution in [0.25, 0.3) is 0 Å². The summed E-state index contributed by atoms with van der Waals surface area (Å²) in [6, 6.07) is -0.335. The van der Waals surface area contributed by atoms with Gasteiger partial charge in [0.2, 0.25) is 0 Å². The second-order valence-electron chi connectivity index (χ2n) is 6.26. The Hall–Kier alpha value is -1.30. The molecular weight excluding hydrogens is 260 g/mol. The first kappa shape index (κ1) is 13.7. The van der Waals surface area contributed by atoms with E-state index in [1.165, 1.54) is 0 Å². The number of hydrogen-bond acceptors (Lipinski definition) is 3. The van der Waals surface area contributed by atoms with Crippen LogP contribution in [-0.2, 0) is 9.53 Å². The Morgan fingerprint density at radius 3 is 2.45 bits per heavy atom. The predicted octanol–water partition coefficient (Wildman–Crippen LogP) is 1.39. The summed E-state index contributed by atoms with van der Waals surface area (Å²) in [5.41, 5.74) is -1.08. The maximum Gasteiger partial charge on any atom is 0.329 e. The van der Waals surface area contributed by atoms with Crippen molar-refractivity contribution in [1.82, 2.24) is 10.6 Å². The zero-order valence-corrected chi connectivity index (χ0v) is 11.6. The van der Waals surface area contributed by atoms with Gasteiger partial charge in [0.05, 0.1) is 18.2 Å². The van der Waals surface area contributed by atoms with Gasteiger partial charge in [-0.25, -0.2) is 9.59 Å². The van der Waals surface area contributed by atoms with Gasteiger partial charge in [-0.05, 0) is 32.1 Å². The summed E-state index contributed by atoms with van der Waals surface area (Å²) < 4.78 is 5.69. The number of urea groups is 1. The van der Waals surface area contributed by atoms with Crippen molar-refractivity contribution in [1.29, 1.82) is 0 Å². The SMILES string of the molecule is O=C(NC1CC2CCC1O2)NC1(C(=O)O)CCCCC1. The van der Waals surface area contributed by atoms with Gasteiger partial charge in [0, 0.05) is 0 Å². The summed E-state index contributed by atoms with van der Waals surface area (Å²) in [4.78, 5) is 23.6. The molecule has 0 aromatic rings. The number of nitrogens with one attached hydrogen (secondary N) is 2.